The lowest BCUT2D eigenvalue weighted by Crippen LogP contribution is -2.20. The van der Waals surface area contributed by atoms with Crippen molar-refractivity contribution in [3.63, 3.8) is 0 Å². The van der Waals surface area contributed by atoms with Crippen molar-refractivity contribution in [2.24, 2.45) is 0 Å². The third-order valence-electron chi connectivity index (χ3n) is 2.77. The molecule has 1 N–H and O–H groups in total. The summed E-state index contributed by atoms with van der Waals surface area (Å²) < 4.78 is 9.66. The van der Waals surface area contributed by atoms with Crippen LogP contribution in [0.5, 0.6) is 0 Å². The van der Waals surface area contributed by atoms with Gasteiger partial charge in [-0.1, -0.05) is 17.3 Å². The minimum absolute atomic E-state index is 0.285. The monoisotopic (exact) mass is 332 g/mol. The molecule has 1 heterocycles. The second-order valence-electron chi connectivity index (χ2n) is 4.59. The molecule has 1 amide bonds. The molecule has 6 nitrogen and oxygen atoms in total. The van der Waals surface area contributed by atoms with Crippen molar-refractivity contribution in [3.05, 3.63) is 47.7 Å². The summed E-state index contributed by atoms with van der Waals surface area (Å²) in [5.41, 5.74) is 0.877. The molecular weight excluding hydrogens is 316 g/mol. The highest BCUT2D eigenvalue weighted by atomic mass is 32.2. The first-order valence-electron chi connectivity index (χ1n) is 6.79. The number of ether oxygens (including phenoxy) is 1. The highest BCUT2D eigenvalue weighted by Crippen LogP contribution is 2.15. The van der Waals surface area contributed by atoms with E-state index >= 15 is 0 Å². The van der Waals surface area contributed by atoms with Gasteiger partial charge in [0.1, 0.15) is 5.76 Å². The summed E-state index contributed by atoms with van der Waals surface area (Å²) in [6, 6.07) is 9.29. The molecule has 1 aromatic carbocycles. The number of nitrogens with zero attached hydrogens (tertiary/aromatic N) is 1. The molecule has 0 bridgehead atoms. The van der Waals surface area contributed by atoms with Gasteiger partial charge in [0.05, 0.1) is 0 Å². The number of carbonyl (C=O) groups is 2. The summed E-state index contributed by atoms with van der Waals surface area (Å²) in [6.07, 6.45) is 4.90. The van der Waals surface area contributed by atoms with Crippen LogP contribution in [0.4, 0.5) is 5.82 Å². The van der Waals surface area contributed by atoms with Crippen LogP contribution in [0.2, 0.25) is 0 Å². The normalized spacial score (nSPS) is 10.7. The Labute approximate surface area is 137 Å². The lowest BCUT2D eigenvalue weighted by atomic mass is 10.2. The van der Waals surface area contributed by atoms with Crippen molar-refractivity contribution in [1.82, 2.24) is 5.16 Å². The average Bonchev–Trinajstić information content (AvgIpc) is 2.96. The predicted octanol–water partition coefficient (Wildman–Crippen LogP) is 2.90. The van der Waals surface area contributed by atoms with Crippen LogP contribution < -0.4 is 5.32 Å². The Bertz CT molecular complexity index is 707. The number of carbonyl (C=O) groups excluding carboxylic acids is 2. The number of benzene rings is 1. The number of amides is 1. The van der Waals surface area contributed by atoms with E-state index in [9.17, 15) is 9.59 Å². The SMILES string of the molecule is CSc1ccc(/C=C/C(=O)OCC(=O)Nc2cc(C)on2)cc1. The number of anilines is 1. The van der Waals surface area contributed by atoms with Crippen LogP contribution in [-0.2, 0) is 14.3 Å². The fourth-order valence-electron chi connectivity index (χ4n) is 1.67. The Kier molecular flexibility index (Phi) is 5.99. The maximum atomic E-state index is 11.6. The average molecular weight is 332 g/mol. The number of thioether (sulfide) groups is 1. The topological polar surface area (TPSA) is 81.4 Å². The van der Waals surface area contributed by atoms with Gasteiger partial charge in [-0.05, 0) is 37.0 Å². The van der Waals surface area contributed by atoms with Crippen molar-refractivity contribution < 1.29 is 18.8 Å². The van der Waals surface area contributed by atoms with Crippen LogP contribution in [-0.4, -0.2) is 29.9 Å². The van der Waals surface area contributed by atoms with Crippen LogP contribution in [0.15, 0.2) is 45.8 Å². The van der Waals surface area contributed by atoms with Gasteiger partial charge in [-0.25, -0.2) is 4.79 Å². The van der Waals surface area contributed by atoms with Gasteiger partial charge >= 0.3 is 5.97 Å². The predicted molar refractivity (Wildman–Crippen MR) is 88.1 cm³/mol. The van der Waals surface area contributed by atoms with E-state index in [4.69, 9.17) is 9.26 Å². The molecule has 2 aromatic rings. The van der Waals surface area contributed by atoms with E-state index in [0.29, 0.717) is 5.76 Å². The quantitative estimate of drug-likeness (QED) is 0.498. The number of hydrogen-bond acceptors (Lipinski definition) is 6. The van der Waals surface area contributed by atoms with E-state index in [0.717, 1.165) is 10.5 Å². The summed E-state index contributed by atoms with van der Waals surface area (Å²) in [4.78, 5) is 24.3. The van der Waals surface area contributed by atoms with Crippen LogP contribution in [0.3, 0.4) is 0 Å². The van der Waals surface area contributed by atoms with Gasteiger partial charge in [0.2, 0.25) is 0 Å². The number of aromatic nitrogens is 1. The molecule has 0 atom stereocenters. The van der Waals surface area contributed by atoms with Crippen LogP contribution in [0, 0.1) is 6.92 Å². The second-order valence-corrected chi connectivity index (χ2v) is 5.46. The first-order valence-corrected chi connectivity index (χ1v) is 8.01. The maximum absolute atomic E-state index is 11.6. The van der Waals surface area contributed by atoms with Crippen LogP contribution in [0.25, 0.3) is 6.08 Å². The minimum atomic E-state index is -0.592. The number of nitrogens with one attached hydrogen (secondary N) is 1. The minimum Gasteiger partial charge on any atom is -0.452 e. The highest BCUT2D eigenvalue weighted by Gasteiger charge is 2.08. The van der Waals surface area contributed by atoms with E-state index in [-0.39, 0.29) is 12.4 Å². The van der Waals surface area contributed by atoms with Gasteiger partial charge in [0, 0.05) is 17.0 Å². The molecule has 0 aliphatic rings. The van der Waals surface area contributed by atoms with Gasteiger partial charge in [-0.15, -0.1) is 11.8 Å². The Morgan fingerprint density at radius 2 is 2.09 bits per heavy atom. The molecule has 0 saturated heterocycles. The molecule has 2 rings (SSSR count). The number of rotatable bonds is 6. The second kappa shape index (κ2) is 8.19. The Balaban J connectivity index is 1.77. The molecular formula is C16H16N2O4S. The first-order chi connectivity index (χ1) is 11.1. The Hall–Kier alpha value is -2.54. The summed E-state index contributed by atoms with van der Waals surface area (Å²) in [7, 11) is 0. The Morgan fingerprint density at radius 3 is 2.70 bits per heavy atom. The smallest absolute Gasteiger partial charge is 0.331 e. The van der Waals surface area contributed by atoms with Crippen molar-refractivity contribution in [2.75, 3.05) is 18.2 Å². The molecule has 0 unspecified atom stereocenters. The molecule has 0 radical (unpaired) electrons. The molecule has 120 valence electrons. The van der Waals surface area contributed by atoms with Crippen molar-refractivity contribution in [1.29, 1.82) is 0 Å². The highest BCUT2D eigenvalue weighted by molar-refractivity contribution is 7.98. The molecule has 7 heteroatoms. The van der Waals surface area contributed by atoms with E-state index in [2.05, 4.69) is 10.5 Å². The lowest BCUT2D eigenvalue weighted by Gasteiger charge is -2.01. The zero-order valence-corrected chi connectivity index (χ0v) is 13.6. The molecule has 0 fully saturated rings. The van der Waals surface area contributed by atoms with Gasteiger partial charge < -0.3 is 14.6 Å². The third kappa shape index (κ3) is 5.63. The number of aryl methyl sites for hydroxylation is 1. The molecule has 0 saturated carbocycles. The summed E-state index contributed by atoms with van der Waals surface area (Å²) in [5.74, 6) is -0.213. The van der Waals surface area contributed by atoms with Crippen molar-refractivity contribution in [3.8, 4) is 0 Å². The molecule has 1 aromatic heterocycles. The number of hydrogen-bond donors (Lipinski definition) is 1. The van der Waals surface area contributed by atoms with Crippen molar-refractivity contribution in [2.45, 2.75) is 11.8 Å². The first kappa shape index (κ1) is 16.8. The standard InChI is InChI=1S/C16H16N2O4S/c1-11-9-14(18-22-11)17-15(19)10-21-16(20)8-5-12-3-6-13(23-2)7-4-12/h3-9H,10H2,1-2H3,(H,17,18,19)/b8-5+. The lowest BCUT2D eigenvalue weighted by molar-refractivity contribution is -0.142. The fourth-order valence-corrected chi connectivity index (χ4v) is 2.08. The maximum Gasteiger partial charge on any atom is 0.331 e. The Morgan fingerprint density at radius 1 is 1.35 bits per heavy atom. The van der Waals surface area contributed by atoms with Crippen molar-refractivity contribution >= 4 is 35.5 Å². The van der Waals surface area contributed by atoms with Gasteiger partial charge in [0.15, 0.2) is 12.4 Å². The van der Waals surface area contributed by atoms with E-state index in [1.54, 1.807) is 30.8 Å². The van der Waals surface area contributed by atoms with E-state index in [1.165, 1.54) is 6.08 Å². The largest absolute Gasteiger partial charge is 0.452 e. The molecule has 0 spiro atoms. The third-order valence-corrected chi connectivity index (χ3v) is 3.51. The molecule has 23 heavy (non-hydrogen) atoms. The summed E-state index contributed by atoms with van der Waals surface area (Å²) >= 11 is 1.64. The zero-order valence-electron chi connectivity index (χ0n) is 12.7. The van der Waals surface area contributed by atoms with E-state index < -0.39 is 11.9 Å². The van der Waals surface area contributed by atoms with E-state index in [1.807, 2.05) is 30.5 Å². The summed E-state index contributed by atoms with van der Waals surface area (Å²) in [5, 5.41) is 6.07. The fraction of sp³-hybridized carbons (Fsp3) is 0.188. The van der Waals surface area contributed by atoms with Crippen LogP contribution >= 0.6 is 11.8 Å². The van der Waals surface area contributed by atoms with Crippen LogP contribution in [0.1, 0.15) is 11.3 Å². The number of esters is 1. The van der Waals surface area contributed by atoms with Gasteiger partial charge in [0.25, 0.3) is 5.91 Å². The zero-order chi connectivity index (χ0) is 16.7. The molecule has 0 aliphatic carbocycles. The van der Waals surface area contributed by atoms with Gasteiger partial charge in [-0.3, -0.25) is 4.79 Å². The summed E-state index contributed by atoms with van der Waals surface area (Å²) in [6.45, 7) is 1.32. The molecule has 0 aliphatic heterocycles. The van der Waals surface area contributed by atoms with Gasteiger partial charge in [-0.2, -0.15) is 0 Å².